The lowest BCUT2D eigenvalue weighted by molar-refractivity contribution is 0.238. The first-order valence-corrected chi connectivity index (χ1v) is 8.12. The maximum Gasteiger partial charge on any atom is 0.0584 e. The molecule has 1 heterocycles. The Morgan fingerprint density at radius 2 is 1.82 bits per heavy atom. The lowest BCUT2D eigenvalue weighted by Crippen LogP contribution is -2.31. The van der Waals surface area contributed by atoms with Gasteiger partial charge in [-0.25, -0.2) is 0 Å². The fourth-order valence-electron chi connectivity index (χ4n) is 3.15. The number of aryl methyl sites for hydroxylation is 1. The van der Waals surface area contributed by atoms with Crippen LogP contribution in [0.2, 0.25) is 0 Å². The minimum atomic E-state index is 0.174. The number of hydrogen-bond donors (Lipinski definition) is 2. The molecule has 116 valence electrons. The van der Waals surface area contributed by atoms with E-state index in [1.54, 1.807) is 0 Å². The number of nitrogens with one attached hydrogen (secondary N) is 1. The van der Waals surface area contributed by atoms with Crippen molar-refractivity contribution < 1.29 is 5.11 Å². The molecule has 0 bridgehead atoms. The van der Waals surface area contributed by atoms with Crippen LogP contribution in [0.15, 0.2) is 42.5 Å². The third kappa shape index (κ3) is 2.62. The summed E-state index contributed by atoms with van der Waals surface area (Å²) in [6.07, 6.45) is 0.938. The van der Waals surface area contributed by atoms with Gasteiger partial charge in [-0.3, -0.25) is 0 Å². The first-order chi connectivity index (χ1) is 10.8. The molecule has 0 spiro atoms. The summed E-state index contributed by atoms with van der Waals surface area (Å²) >= 11 is 0. The molecular formula is C19H24N2O. The Kier molecular flexibility index (Phi) is 4.46. The van der Waals surface area contributed by atoms with Crippen LogP contribution in [0.1, 0.15) is 25.8 Å². The molecule has 0 unspecified atom stereocenters. The highest BCUT2D eigenvalue weighted by Gasteiger charge is 2.10. The van der Waals surface area contributed by atoms with E-state index in [0.29, 0.717) is 0 Å². The van der Waals surface area contributed by atoms with Gasteiger partial charge in [-0.15, -0.1) is 0 Å². The molecule has 0 radical (unpaired) electrons. The predicted molar refractivity (Wildman–Crippen MR) is 93.1 cm³/mol. The molecule has 0 saturated heterocycles. The monoisotopic (exact) mass is 296 g/mol. The summed E-state index contributed by atoms with van der Waals surface area (Å²) < 4.78 is 2.37. The highest BCUT2D eigenvalue weighted by Crippen LogP contribution is 2.29. The van der Waals surface area contributed by atoms with Crippen molar-refractivity contribution in [3.63, 3.8) is 0 Å². The molecular weight excluding hydrogens is 272 g/mol. The van der Waals surface area contributed by atoms with Crippen LogP contribution in [-0.2, 0) is 13.1 Å². The summed E-state index contributed by atoms with van der Waals surface area (Å²) in [6, 6.07) is 15.4. The largest absolute Gasteiger partial charge is 0.395 e. The quantitative estimate of drug-likeness (QED) is 0.728. The van der Waals surface area contributed by atoms with Crippen LogP contribution < -0.4 is 5.32 Å². The first-order valence-electron chi connectivity index (χ1n) is 8.12. The Labute approximate surface area is 131 Å². The van der Waals surface area contributed by atoms with Crippen LogP contribution >= 0.6 is 0 Å². The van der Waals surface area contributed by atoms with E-state index in [0.717, 1.165) is 19.5 Å². The average molecular weight is 296 g/mol. The SMILES string of the molecule is CC[C@@H](CO)NCc1ccc2c(c1)c1ccccc1n2CC. The van der Waals surface area contributed by atoms with Gasteiger partial charge in [0, 0.05) is 40.9 Å². The third-order valence-electron chi connectivity index (χ3n) is 4.46. The highest BCUT2D eigenvalue weighted by atomic mass is 16.3. The van der Waals surface area contributed by atoms with Gasteiger partial charge < -0.3 is 15.0 Å². The van der Waals surface area contributed by atoms with Gasteiger partial charge in [-0.2, -0.15) is 0 Å². The molecule has 3 heteroatoms. The molecule has 1 atom stereocenters. The molecule has 0 aliphatic carbocycles. The fraction of sp³-hybridized carbons (Fsp3) is 0.368. The minimum absolute atomic E-state index is 0.174. The van der Waals surface area contributed by atoms with E-state index in [9.17, 15) is 5.11 Å². The van der Waals surface area contributed by atoms with E-state index in [1.807, 2.05) is 0 Å². The van der Waals surface area contributed by atoms with Crippen molar-refractivity contribution in [2.45, 2.75) is 39.4 Å². The Balaban J connectivity index is 2.01. The van der Waals surface area contributed by atoms with Crippen molar-refractivity contribution in [2.75, 3.05) is 6.61 Å². The van der Waals surface area contributed by atoms with Crippen molar-refractivity contribution in [1.29, 1.82) is 0 Å². The van der Waals surface area contributed by atoms with Gasteiger partial charge in [0.2, 0.25) is 0 Å². The van der Waals surface area contributed by atoms with Gasteiger partial charge in [0.25, 0.3) is 0 Å². The zero-order valence-corrected chi connectivity index (χ0v) is 13.3. The molecule has 0 aliphatic heterocycles. The molecule has 3 rings (SSSR count). The zero-order chi connectivity index (χ0) is 15.5. The number of aliphatic hydroxyl groups is 1. The van der Waals surface area contributed by atoms with E-state index in [4.69, 9.17) is 0 Å². The van der Waals surface area contributed by atoms with Gasteiger partial charge in [-0.1, -0.05) is 31.2 Å². The Bertz CT molecular complexity index is 772. The lowest BCUT2D eigenvalue weighted by Gasteiger charge is -2.14. The number of rotatable bonds is 6. The van der Waals surface area contributed by atoms with Crippen LogP contribution in [0, 0.1) is 0 Å². The van der Waals surface area contributed by atoms with E-state index in [2.05, 4.69) is 66.2 Å². The Morgan fingerprint density at radius 1 is 1.05 bits per heavy atom. The number of para-hydroxylation sites is 1. The average Bonchev–Trinajstić information content (AvgIpc) is 2.89. The molecule has 1 aromatic heterocycles. The predicted octanol–water partition coefficient (Wildman–Crippen LogP) is 3.67. The fourth-order valence-corrected chi connectivity index (χ4v) is 3.15. The number of aromatic nitrogens is 1. The van der Waals surface area contributed by atoms with Gasteiger partial charge in [0.15, 0.2) is 0 Å². The molecule has 2 aromatic carbocycles. The van der Waals surface area contributed by atoms with Crippen molar-refractivity contribution in [3.8, 4) is 0 Å². The molecule has 3 aromatic rings. The summed E-state index contributed by atoms with van der Waals surface area (Å²) in [5, 5.41) is 15.3. The van der Waals surface area contributed by atoms with Gasteiger partial charge in [0.1, 0.15) is 0 Å². The van der Waals surface area contributed by atoms with Crippen LogP contribution in [0.3, 0.4) is 0 Å². The molecule has 0 aliphatic rings. The summed E-state index contributed by atoms with van der Waals surface area (Å²) in [7, 11) is 0. The number of nitrogens with zero attached hydrogens (tertiary/aromatic N) is 1. The topological polar surface area (TPSA) is 37.2 Å². The lowest BCUT2D eigenvalue weighted by atomic mass is 10.1. The van der Waals surface area contributed by atoms with E-state index in [-0.39, 0.29) is 12.6 Å². The highest BCUT2D eigenvalue weighted by molar-refractivity contribution is 6.08. The molecule has 22 heavy (non-hydrogen) atoms. The summed E-state index contributed by atoms with van der Waals surface area (Å²) in [5.41, 5.74) is 3.85. The molecule has 0 amide bonds. The summed E-state index contributed by atoms with van der Waals surface area (Å²) in [5.74, 6) is 0. The second kappa shape index (κ2) is 6.51. The van der Waals surface area contributed by atoms with Crippen molar-refractivity contribution >= 4 is 21.8 Å². The van der Waals surface area contributed by atoms with Gasteiger partial charge in [-0.05, 0) is 37.1 Å². The van der Waals surface area contributed by atoms with Gasteiger partial charge >= 0.3 is 0 Å². The number of aliphatic hydroxyl groups excluding tert-OH is 1. The normalized spacial score (nSPS) is 13.0. The smallest absolute Gasteiger partial charge is 0.0584 e. The first kappa shape index (κ1) is 15.1. The molecule has 0 fully saturated rings. The number of fused-ring (bicyclic) bond motifs is 3. The summed E-state index contributed by atoms with van der Waals surface area (Å²) in [6.45, 7) is 6.24. The summed E-state index contributed by atoms with van der Waals surface area (Å²) in [4.78, 5) is 0. The van der Waals surface area contributed by atoms with Crippen molar-refractivity contribution in [1.82, 2.24) is 9.88 Å². The van der Waals surface area contributed by atoms with Gasteiger partial charge in [0.05, 0.1) is 6.61 Å². The Hall–Kier alpha value is -1.84. The minimum Gasteiger partial charge on any atom is -0.395 e. The third-order valence-corrected chi connectivity index (χ3v) is 4.46. The second-order valence-corrected chi connectivity index (χ2v) is 5.78. The molecule has 0 saturated carbocycles. The molecule has 2 N–H and O–H groups in total. The van der Waals surface area contributed by atoms with Crippen molar-refractivity contribution in [3.05, 3.63) is 48.0 Å². The molecule has 3 nitrogen and oxygen atoms in total. The van der Waals surface area contributed by atoms with Crippen LogP contribution in [0.4, 0.5) is 0 Å². The Morgan fingerprint density at radius 3 is 2.55 bits per heavy atom. The van der Waals surface area contributed by atoms with Crippen LogP contribution in [-0.4, -0.2) is 22.3 Å². The maximum atomic E-state index is 9.29. The standard InChI is InChI=1S/C19H24N2O/c1-3-15(13-22)20-12-14-9-10-19-17(11-14)16-7-5-6-8-18(16)21(19)4-2/h5-11,15,20,22H,3-4,12-13H2,1-2H3/t15-/m0/s1. The second-order valence-electron chi connectivity index (χ2n) is 5.78. The number of hydrogen-bond acceptors (Lipinski definition) is 2. The van der Waals surface area contributed by atoms with E-state index < -0.39 is 0 Å². The van der Waals surface area contributed by atoms with E-state index >= 15 is 0 Å². The van der Waals surface area contributed by atoms with Crippen LogP contribution in [0.5, 0.6) is 0 Å². The van der Waals surface area contributed by atoms with Crippen molar-refractivity contribution in [2.24, 2.45) is 0 Å². The van der Waals surface area contributed by atoms with Crippen LogP contribution in [0.25, 0.3) is 21.8 Å². The maximum absolute atomic E-state index is 9.29. The zero-order valence-electron chi connectivity index (χ0n) is 13.3. The van der Waals surface area contributed by atoms with E-state index in [1.165, 1.54) is 27.4 Å². The number of benzene rings is 2.